The maximum atomic E-state index is 11.4. The number of halogens is 1. The van der Waals surface area contributed by atoms with E-state index in [2.05, 4.69) is 5.32 Å². The molecule has 0 aliphatic heterocycles. The Morgan fingerprint density at radius 1 is 1.26 bits per heavy atom. The van der Waals surface area contributed by atoms with Gasteiger partial charge in [0.25, 0.3) is 0 Å². The van der Waals surface area contributed by atoms with E-state index in [4.69, 9.17) is 10.5 Å². The summed E-state index contributed by atoms with van der Waals surface area (Å²) in [6.45, 7) is 0.0363. The Bertz CT molecular complexity index is 386. The van der Waals surface area contributed by atoms with Crippen molar-refractivity contribution < 1.29 is 9.53 Å². The first-order chi connectivity index (χ1) is 8.79. The molecule has 1 saturated carbocycles. The SMILES string of the molecule is Cl.NCC(=O)NC1CCCCC1Oc1ccccc1. The zero-order valence-electron chi connectivity index (χ0n) is 10.9. The van der Waals surface area contributed by atoms with Crippen LogP contribution in [-0.4, -0.2) is 24.6 Å². The van der Waals surface area contributed by atoms with Gasteiger partial charge in [0.2, 0.25) is 5.91 Å². The second-order valence-corrected chi connectivity index (χ2v) is 4.63. The molecule has 5 heteroatoms. The summed E-state index contributed by atoms with van der Waals surface area (Å²) in [7, 11) is 0. The summed E-state index contributed by atoms with van der Waals surface area (Å²) < 4.78 is 5.96. The largest absolute Gasteiger partial charge is 0.488 e. The zero-order chi connectivity index (χ0) is 12.8. The molecular weight excluding hydrogens is 264 g/mol. The van der Waals surface area contributed by atoms with Gasteiger partial charge in [-0.15, -0.1) is 12.4 Å². The molecule has 2 unspecified atom stereocenters. The van der Waals surface area contributed by atoms with Crippen molar-refractivity contribution in [3.05, 3.63) is 30.3 Å². The van der Waals surface area contributed by atoms with Crippen molar-refractivity contribution in [2.45, 2.75) is 37.8 Å². The highest BCUT2D eigenvalue weighted by Gasteiger charge is 2.27. The molecule has 0 aromatic heterocycles. The van der Waals surface area contributed by atoms with Crippen LogP contribution in [0.3, 0.4) is 0 Å². The Morgan fingerprint density at radius 3 is 2.63 bits per heavy atom. The van der Waals surface area contributed by atoms with Gasteiger partial charge in [0.1, 0.15) is 11.9 Å². The van der Waals surface area contributed by atoms with Crippen LogP contribution < -0.4 is 15.8 Å². The van der Waals surface area contributed by atoms with Gasteiger partial charge in [0.05, 0.1) is 12.6 Å². The van der Waals surface area contributed by atoms with Gasteiger partial charge in [-0.25, -0.2) is 0 Å². The molecule has 1 aromatic carbocycles. The average Bonchev–Trinajstić information content (AvgIpc) is 2.42. The lowest BCUT2D eigenvalue weighted by Crippen LogP contribution is -2.49. The second-order valence-electron chi connectivity index (χ2n) is 4.63. The molecule has 1 aromatic rings. The Labute approximate surface area is 120 Å². The monoisotopic (exact) mass is 284 g/mol. The lowest BCUT2D eigenvalue weighted by Gasteiger charge is -2.32. The van der Waals surface area contributed by atoms with E-state index in [9.17, 15) is 4.79 Å². The normalized spacial score (nSPS) is 22.2. The van der Waals surface area contributed by atoms with E-state index in [1.54, 1.807) is 0 Å². The van der Waals surface area contributed by atoms with E-state index in [0.717, 1.165) is 31.4 Å². The second kappa shape index (κ2) is 8.02. The van der Waals surface area contributed by atoms with E-state index < -0.39 is 0 Å². The van der Waals surface area contributed by atoms with Crippen LogP contribution in [0.25, 0.3) is 0 Å². The maximum Gasteiger partial charge on any atom is 0.234 e. The number of nitrogens with two attached hydrogens (primary N) is 1. The lowest BCUT2D eigenvalue weighted by atomic mass is 9.92. The van der Waals surface area contributed by atoms with Gasteiger partial charge in [-0.2, -0.15) is 0 Å². The first-order valence-electron chi connectivity index (χ1n) is 6.50. The minimum absolute atomic E-state index is 0. The summed E-state index contributed by atoms with van der Waals surface area (Å²) in [5, 5.41) is 2.95. The summed E-state index contributed by atoms with van der Waals surface area (Å²) in [6.07, 6.45) is 4.27. The number of para-hydroxylation sites is 1. The van der Waals surface area contributed by atoms with E-state index in [0.29, 0.717) is 0 Å². The highest BCUT2D eigenvalue weighted by molar-refractivity contribution is 5.85. The Kier molecular flexibility index (Phi) is 6.67. The fourth-order valence-corrected chi connectivity index (χ4v) is 2.34. The smallest absolute Gasteiger partial charge is 0.234 e. The quantitative estimate of drug-likeness (QED) is 0.887. The van der Waals surface area contributed by atoms with E-state index in [1.165, 1.54) is 0 Å². The summed E-state index contributed by atoms with van der Waals surface area (Å²) in [4.78, 5) is 11.4. The fraction of sp³-hybridized carbons (Fsp3) is 0.500. The molecule has 1 fully saturated rings. The molecule has 0 heterocycles. The molecule has 0 bridgehead atoms. The van der Waals surface area contributed by atoms with E-state index in [1.807, 2.05) is 30.3 Å². The number of ether oxygens (including phenoxy) is 1. The van der Waals surface area contributed by atoms with E-state index >= 15 is 0 Å². The Morgan fingerprint density at radius 2 is 1.95 bits per heavy atom. The molecule has 1 aliphatic rings. The van der Waals surface area contributed by atoms with Crippen LogP contribution in [0, 0.1) is 0 Å². The van der Waals surface area contributed by atoms with Gasteiger partial charge in [0, 0.05) is 0 Å². The summed E-state index contributed by atoms with van der Waals surface area (Å²) >= 11 is 0. The molecule has 1 amide bonds. The highest BCUT2D eigenvalue weighted by Crippen LogP contribution is 2.23. The van der Waals surface area contributed by atoms with Gasteiger partial charge in [-0.3, -0.25) is 4.79 Å². The van der Waals surface area contributed by atoms with Crippen LogP contribution in [0.2, 0.25) is 0 Å². The standard InChI is InChI=1S/C14H20N2O2.ClH/c15-10-14(17)16-12-8-4-5-9-13(12)18-11-6-2-1-3-7-11;/h1-3,6-7,12-13H,4-5,8-10,15H2,(H,16,17);1H. The van der Waals surface area contributed by atoms with Crippen molar-refractivity contribution in [2.75, 3.05) is 6.54 Å². The molecule has 106 valence electrons. The number of carbonyl (C=O) groups excluding carboxylic acids is 1. The topological polar surface area (TPSA) is 64.4 Å². The van der Waals surface area contributed by atoms with Gasteiger partial charge >= 0.3 is 0 Å². The van der Waals surface area contributed by atoms with Gasteiger partial charge in [-0.1, -0.05) is 24.6 Å². The molecule has 0 radical (unpaired) electrons. The predicted molar refractivity (Wildman–Crippen MR) is 77.6 cm³/mol. The van der Waals surface area contributed by atoms with Gasteiger partial charge < -0.3 is 15.8 Å². The van der Waals surface area contributed by atoms with Crippen molar-refractivity contribution in [3.8, 4) is 5.75 Å². The number of hydrogen-bond acceptors (Lipinski definition) is 3. The molecule has 2 rings (SSSR count). The molecule has 3 N–H and O–H groups in total. The Balaban J connectivity index is 0.00000180. The molecule has 0 spiro atoms. The zero-order valence-corrected chi connectivity index (χ0v) is 11.7. The first kappa shape index (κ1) is 15.8. The van der Waals surface area contributed by atoms with Crippen molar-refractivity contribution in [1.29, 1.82) is 0 Å². The van der Waals surface area contributed by atoms with Gasteiger partial charge in [-0.05, 0) is 31.4 Å². The summed E-state index contributed by atoms with van der Waals surface area (Å²) in [5.74, 6) is 0.750. The third-order valence-corrected chi connectivity index (χ3v) is 3.26. The van der Waals surface area contributed by atoms with Gasteiger partial charge in [0.15, 0.2) is 0 Å². The van der Waals surface area contributed by atoms with Crippen molar-refractivity contribution in [1.82, 2.24) is 5.32 Å². The molecule has 0 saturated heterocycles. The Hall–Kier alpha value is -1.26. The summed E-state index contributed by atoms with van der Waals surface area (Å²) in [5.41, 5.74) is 5.33. The number of carbonyl (C=O) groups is 1. The number of nitrogens with one attached hydrogen (secondary N) is 1. The van der Waals surface area contributed by atoms with Crippen LogP contribution in [-0.2, 0) is 4.79 Å². The van der Waals surface area contributed by atoms with Crippen molar-refractivity contribution in [2.24, 2.45) is 5.73 Å². The van der Waals surface area contributed by atoms with Crippen LogP contribution in [0.5, 0.6) is 5.75 Å². The maximum absolute atomic E-state index is 11.4. The lowest BCUT2D eigenvalue weighted by molar-refractivity contribution is -0.121. The number of amides is 1. The summed E-state index contributed by atoms with van der Waals surface area (Å²) in [6, 6.07) is 9.82. The molecule has 2 atom stereocenters. The fourth-order valence-electron chi connectivity index (χ4n) is 2.34. The molecular formula is C14H21ClN2O2. The minimum Gasteiger partial charge on any atom is -0.488 e. The van der Waals surface area contributed by atoms with Crippen LogP contribution in [0.15, 0.2) is 30.3 Å². The van der Waals surface area contributed by atoms with Crippen molar-refractivity contribution >= 4 is 18.3 Å². The third-order valence-electron chi connectivity index (χ3n) is 3.26. The van der Waals surface area contributed by atoms with Crippen LogP contribution in [0.4, 0.5) is 0 Å². The predicted octanol–water partition coefficient (Wildman–Crippen LogP) is 1.87. The third kappa shape index (κ3) is 4.73. The van der Waals surface area contributed by atoms with Crippen molar-refractivity contribution in [3.63, 3.8) is 0 Å². The van der Waals surface area contributed by atoms with Crippen LogP contribution >= 0.6 is 12.4 Å². The molecule has 4 nitrogen and oxygen atoms in total. The van der Waals surface area contributed by atoms with Crippen LogP contribution in [0.1, 0.15) is 25.7 Å². The number of hydrogen-bond donors (Lipinski definition) is 2. The highest BCUT2D eigenvalue weighted by atomic mass is 35.5. The van der Waals surface area contributed by atoms with E-state index in [-0.39, 0.29) is 37.0 Å². The average molecular weight is 285 g/mol. The molecule has 1 aliphatic carbocycles. The number of benzene rings is 1. The first-order valence-corrected chi connectivity index (χ1v) is 6.50. The number of rotatable bonds is 4. The molecule has 19 heavy (non-hydrogen) atoms. The minimum atomic E-state index is -0.108.